The molecule has 0 saturated carbocycles. The van der Waals surface area contributed by atoms with E-state index in [0.29, 0.717) is 12.1 Å². The molecule has 18 heavy (non-hydrogen) atoms. The van der Waals surface area contributed by atoms with Gasteiger partial charge in [-0.25, -0.2) is 0 Å². The predicted molar refractivity (Wildman–Crippen MR) is 75.1 cm³/mol. The third-order valence-corrected chi connectivity index (χ3v) is 3.66. The van der Waals surface area contributed by atoms with Gasteiger partial charge in [0.05, 0.1) is 11.3 Å². The van der Waals surface area contributed by atoms with Crippen LogP contribution in [-0.2, 0) is 4.79 Å². The summed E-state index contributed by atoms with van der Waals surface area (Å²) in [6.45, 7) is 4.68. The fourth-order valence-corrected chi connectivity index (χ4v) is 2.91. The molecule has 0 N–H and O–H groups in total. The Morgan fingerprint density at radius 3 is 2.61 bits per heavy atom. The number of nitrogens with zero attached hydrogens (tertiary/aromatic N) is 1. The number of hydrogen-bond donors (Lipinski definition) is 0. The SMILES string of the molecule is CCCCCN1C(=O)C(=O)c2cc(Br)cc(C)c21. The molecule has 1 aromatic carbocycles. The van der Waals surface area contributed by atoms with E-state index in [1.54, 1.807) is 11.0 Å². The van der Waals surface area contributed by atoms with Crippen molar-refractivity contribution in [2.24, 2.45) is 0 Å². The van der Waals surface area contributed by atoms with E-state index in [1.807, 2.05) is 13.0 Å². The second-order valence-corrected chi connectivity index (χ2v) is 5.53. The minimum absolute atomic E-state index is 0.383. The number of carbonyl (C=O) groups excluding carboxylic acids is 2. The van der Waals surface area contributed by atoms with Crippen molar-refractivity contribution in [3.05, 3.63) is 27.7 Å². The van der Waals surface area contributed by atoms with E-state index in [1.165, 1.54) is 0 Å². The summed E-state index contributed by atoms with van der Waals surface area (Å²) in [6, 6.07) is 3.68. The van der Waals surface area contributed by atoms with Gasteiger partial charge in [0.25, 0.3) is 11.7 Å². The van der Waals surface area contributed by atoms with Crippen molar-refractivity contribution in [3.8, 4) is 0 Å². The number of aryl methyl sites for hydroxylation is 1. The maximum atomic E-state index is 12.0. The molecule has 3 nitrogen and oxygen atoms in total. The van der Waals surface area contributed by atoms with Crippen LogP contribution in [0.25, 0.3) is 0 Å². The first-order valence-corrected chi connectivity index (χ1v) is 7.02. The van der Waals surface area contributed by atoms with E-state index in [0.717, 1.165) is 35.0 Å². The molecular weight excluding hydrogens is 294 g/mol. The Morgan fingerprint density at radius 2 is 1.94 bits per heavy atom. The number of fused-ring (bicyclic) bond motifs is 1. The summed E-state index contributed by atoms with van der Waals surface area (Å²) < 4.78 is 0.843. The number of hydrogen-bond acceptors (Lipinski definition) is 2. The number of amides is 1. The number of benzene rings is 1. The van der Waals surface area contributed by atoms with Gasteiger partial charge in [0.2, 0.25) is 0 Å². The van der Waals surface area contributed by atoms with Crippen LogP contribution in [0.15, 0.2) is 16.6 Å². The first-order chi connectivity index (χ1) is 8.56. The van der Waals surface area contributed by atoms with Crippen molar-refractivity contribution in [1.82, 2.24) is 0 Å². The van der Waals surface area contributed by atoms with E-state index < -0.39 is 0 Å². The van der Waals surface area contributed by atoms with E-state index in [-0.39, 0.29) is 11.7 Å². The molecule has 0 aromatic heterocycles. The summed E-state index contributed by atoms with van der Waals surface area (Å²) in [5.74, 6) is -0.770. The van der Waals surface area contributed by atoms with Crippen molar-refractivity contribution in [2.75, 3.05) is 11.4 Å². The van der Waals surface area contributed by atoms with Crippen molar-refractivity contribution in [3.63, 3.8) is 0 Å². The molecule has 1 heterocycles. The Balaban J connectivity index is 2.36. The zero-order valence-corrected chi connectivity index (χ0v) is 12.2. The lowest BCUT2D eigenvalue weighted by atomic mass is 10.1. The molecule has 4 heteroatoms. The average Bonchev–Trinajstić information content (AvgIpc) is 2.55. The second kappa shape index (κ2) is 5.22. The molecule has 96 valence electrons. The number of carbonyl (C=O) groups is 2. The quantitative estimate of drug-likeness (QED) is 0.631. The Labute approximate surface area is 115 Å². The average molecular weight is 310 g/mol. The Hall–Kier alpha value is -1.16. The van der Waals surface area contributed by atoms with Gasteiger partial charge in [-0.15, -0.1) is 0 Å². The normalized spacial score (nSPS) is 14.3. The van der Waals surface area contributed by atoms with Crippen LogP contribution in [0.1, 0.15) is 42.1 Å². The lowest BCUT2D eigenvalue weighted by Crippen LogP contribution is -2.30. The van der Waals surface area contributed by atoms with Gasteiger partial charge in [-0.05, 0) is 31.0 Å². The fraction of sp³-hybridized carbons (Fsp3) is 0.429. The van der Waals surface area contributed by atoms with Crippen LogP contribution in [0, 0.1) is 6.92 Å². The van der Waals surface area contributed by atoms with Crippen molar-refractivity contribution in [2.45, 2.75) is 33.1 Å². The summed E-state index contributed by atoms with van der Waals surface area (Å²) in [5.41, 5.74) is 2.29. The van der Waals surface area contributed by atoms with Crippen LogP contribution in [0.5, 0.6) is 0 Å². The molecule has 0 unspecified atom stereocenters. The van der Waals surface area contributed by atoms with Gasteiger partial charge < -0.3 is 4.90 Å². The summed E-state index contributed by atoms with van der Waals surface area (Å²) >= 11 is 3.36. The lowest BCUT2D eigenvalue weighted by molar-refractivity contribution is -0.114. The maximum absolute atomic E-state index is 12.0. The van der Waals surface area contributed by atoms with E-state index in [2.05, 4.69) is 22.9 Å². The van der Waals surface area contributed by atoms with Gasteiger partial charge in [-0.2, -0.15) is 0 Å². The molecule has 0 radical (unpaired) electrons. The highest BCUT2D eigenvalue weighted by Crippen LogP contribution is 2.35. The van der Waals surface area contributed by atoms with Gasteiger partial charge in [-0.3, -0.25) is 9.59 Å². The molecule has 0 fully saturated rings. The highest BCUT2D eigenvalue weighted by molar-refractivity contribution is 9.10. The van der Waals surface area contributed by atoms with E-state index in [9.17, 15) is 9.59 Å². The number of Topliss-reactive ketones (excluding diaryl/α,β-unsaturated/α-hetero) is 1. The van der Waals surface area contributed by atoms with Gasteiger partial charge in [0, 0.05) is 11.0 Å². The molecule has 0 spiro atoms. The third kappa shape index (κ3) is 2.21. The minimum Gasteiger partial charge on any atom is -0.304 e. The lowest BCUT2D eigenvalue weighted by Gasteiger charge is -2.18. The van der Waals surface area contributed by atoms with Crippen molar-refractivity contribution in [1.29, 1.82) is 0 Å². The first kappa shape index (κ1) is 13.3. The molecule has 2 rings (SSSR count). The molecule has 1 aliphatic heterocycles. The van der Waals surface area contributed by atoms with Crippen LogP contribution < -0.4 is 4.90 Å². The van der Waals surface area contributed by atoms with Crippen LogP contribution in [0.3, 0.4) is 0 Å². The smallest absolute Gasteiger partial charge is 0.299 e. The van der Waals surface area contributed by atoms with Crippen molar-refractivity contribution >= 4 is 33.3 Å². The van der Waals surface area contributed by atoms with Crippen LogP contribution in [-0.4, -0.2) is 18.2 Å². The number of anilines is 1. The Morgan fingerprint density at radius 1 is 1.22 bits per heavy atom. The largest absolute Gasteiger partial charge is 0.304 e. The standard InChI is InChI=1S/C14H16BrNO2/c1-3-4-5-6-16-12-9(2)7-10(15)8-11(12)13(17)14(16)18/h7-8H,3-6H2,1-2H3. The molecule has 1 amide bonds. The van der Waals surface area contributed by atoms with Gasteiger partial charge in [0.15, 0.2) is 0 Å². The summed E-state index contributed by atoms with van der Waals surface area (Å²) in [4.78, 5) is 25.5. The summed E-state index contributed by atoms with van der Waals surface area (Å²) in [7, 11) is 0. The van der Waals surface area contributed by atoms with Gasteiger partial charge in [0.1, 0.15) is 0 Å². The monoisotopic (exact) mass is 309 g/mol. The molecule has 1 aliphatic rings. The molecule has 1 aromatic rings. The topological polar surface area (TPSA) is 37.4 Å². The fourth-order valence-electron chi connectivity index (χ4n) is 2.34. The highest BCUT2D eigenvalue weighted by atomic mass is 79.9. The zero-order chi connectivity index (χ0) is 13.3. The zero-order valence-electron chi connectivity index (χ0n) is 10.6. The second-order valence-electron chi connectivity index (χ2n) is 4.61. The molecule has 0 aliphatic carbocycles. The minimum atomic E-state index is -0.387. The Bertz CT molecular complexity index is 511. The van der Waals surface area contributed by atoms with Crippen LogP contribution >= 0.6 is 15.9 Å². The number of rotatable bonds is 4. The maximum Gasteiger partial charge on any atom is 0.299 e. The number of unbranched alkanes of at least 4 members (excludes halogenated alkanes) is 2. The predicted octanol–water partition coefficient (Wildman–Crippen LogP) is 3.48. The number of halogens is 1. The molecule has 0 saturated heterocycles. The van der Waals surface area contributed by atoms with Crippen LogP contribution in [0.4, 0.5) is 5.69 Å². The molecule has 0 atom stereocenters. The van der Waals surface area contributed by atoms with Crippen molar-refractivity contribution < 1.29 is 9.59 Å². The number of ketones is 1. The summed E-state index contributed by atoms with van der Waals surface area (Å²) in [5, 5.41) is 0. The molecule has 0 bridgehead atoms. The van der Waals surface area contributed by atoms with Gasteiger partial charge in [-0.1, -0.05) is 35.7 Å². The first-order valence-electron chi connectivity index (χ1n) is 6.22. The van der Waals surface area contributed by atoms with Gasteiger partial charge >= 0.3 is 0 Å². The highest BCUT2D eigenvalue weighted by Gasteiger charge is 2.36. The van der Waals surface area contributed by atoms with Crippen LogP contribution in [0.2, 0.25) is 0 Å². The van der Waals surface area contributed by atoms with E-state index in [4.69, 9.17) is 0 Å². The summed E-state index contributed by atoms with van der Waals surface area (Å²) in [6.07, 6.45) is 3.11. The third-order valence-electron chi connectivity index (χ3n) is 3.20. The Kier molecular flexibility index (Phi) is 3.85. The molecular formula is C14H16BrNO2. The van der Waals surface area contributed by atoms with E-state index >= 15 is 0 Å².